The molecule has 0 saturated heterocycles. The maximum absolute atomic E-state index is 2.46. The molecule has 3 rings (SSSR count). The van der Waals surface area contributed by atoms with Crippen LogP contribution in [-0.4, -0.2) is 0 Å². The Kier molecular flexibility index (Phi) is 6.73. The number of aryl methyl sites for hydroxylation is 3. The molecule has 28 heavy (non-hydrogen) atoms. The van der Waals surface area contributed by atoms with Crippen LogP contribution in [0.4, 0.5) is 0 Å². The van der Waals surface area contributed by atoms with E-state index in [1.165, 1.54) is 50.1 Å². The lowest BCUT2D eigenvalue weighted by atomic mass is 9.86. The predicted octanol–water partition coefficient (Wildman–Crippen LogP) is 7.17. The molecule has 0 spiro atoms. The SMILES string of the molecule is CCc1ccc(Cc2cc(CC)c(Cc3ccc(CC)cc3)c(C)c2C)cc1. The summed E-state index contributed by atoms with van der Waals surface area (Å²) in [6, 6.07) is 20.7. The highest BCUT2D eigenvalue weighted by Crippen LogP contribution is 2.27. The van der Waals surface area contributed by atoms with Crippen LogP contribution in [0.2, 0.25) is 0 Å². The Hall–Kier alpha value is -2.34. The van der Waals surface area contributed by atoms with Gasteiger partial charge in [-0.2, -0.15) is 0 Å². The van der Waals surface area contributed by atoms with E-state index in [0.29, 0.717) is 0 Å². The first-order valence-corrected chi connectivity index (χ1v) is 10.8. The highest BCUT2D eigenvalue weighted by atomic mass is 14.2. The largest absolute Gasteiger partial charge is 0.0613 e. The molecule has 0 heterocycles. The van der Waals surface area contributed by atoms with Crippen molar-refractivity contribution in [3.8, 4) is 0 Å². The number of hydrogen-bond acceptors (Lipinski definition) is 0. The fourth-order valence-electron chi connectivity index (χ4n) is 4.07. The summed E-state index contributed by atoms with van der Waals surface area (Å²) in [5.74, 6) is 0. The zero-order chi connectivity index (χ0) is 20.1. The molecule has 0 nitrogen and oxygen atoms in total. The van der Waals surface area contributed by atoms with Crippen molar-refractivity contribution in [3.63, 3.8) is 0 Å². The van der Waals surface area contributed by atoms with Crippen LogP contribution < -0.4 is 0 Å². The summed E-state index contributed by atoms with van der Waals surface area (Å²) in [4.78, 5) is 0. The van der Waals surface area contributed by atoms with Gasteiger partial charge >= 0.3 is 0 Å². The van der Waals surface area contributed by atoms with Crippen LogP contribution in [0.3, 0.4) is 0 Å². The first-order valence-electron chi connectivity index (χ1n) is 10.8. The number of benzene rings is 3. The van der Waals surface area contributed by atoms with Gasteiger partial charge in [0.25, 0.3) is 0 Å². The Balaban J connectivity index is 1.90. The second-order valence-corrected chi connectivity index (χ2v) is 7.97. The lowest BCUT2D eigenvalue weighted by molar-refractivity contribution is 1.00. The first kappa shape index (κ1) is 20.4. The van der Waals surface area contributed by atoms with Crippen LogP contribution >= 0.6 is 0 Å². The van der Waals surface area contributed by atoms with Crippen molar-refractivity contribution < 1.29 is 0 Å². The molecular formula is C28H34. The van der Waals surface area contributed by atoms with Crippen molar-refractivity contribution in [1.29, 1.82) is 0 Å². The van der Waals surface area contributed by atoms with E-state index in [4.69, 9.17) is 0 Å². The van der Waals surface area contributed by atoms with Crippen LogP contribution in [0.5, 0.6) is 0 Å². The molecule has 0 fully saturated rings. The molecule has 146 valence electrons. The van der Waals surface area contributed by atoms with Crippen LogP contribution in [0.15, 0.2) is 54.6 Å². The molecule has 0 aliphatic carbocycles. The summed E-state index contributed by atoms with van der Waals surface area (Å²) in [6.45, 7) is 11.3. The van der Waals surface area contributed by atoms with Crippen LogP contribution in [0.1, 0.15) is 70.8 Å². The van der Waals surface area contributed by atoms with Gasteiger partial charge in [-0.1, -0.05) is 75.4 Å². The molecule has 0 amide bonds. The highest BCUT2D eigenvalue weighted by molar-refractivity contribution is 5.48. The monoisotopic (exact) mass is 370 g/mol. The third-order valence-electron chi connectivity index (χ3n) is 6.25. The van der Waals surface area contributed by atoms with E-state index in [2.05, 4.69) is 89.2 Å². The number of hydrogen-bond donors (Lipinski definition) is 0. The molecule has 3 aromatic rings. The normalized spacial score (nSPS) is 11.0. The van der Waals surface area contributed by atoms with Gasteiger partial charge in [0, 0.05) is 0 Å². The molecule has 0 aliphatic rings. The van der Waals surface area contributed by atoms with E-state index in [1.54, 1.807) is 0 Å². The maximum Gasteiger partial charge on any atom is -0.00203 e. The molecule has 0 radical (unpaired) electrons. The van der Waals surface area contributed by atoms with E-state index < -0.39 is 0 Å². The third-order valence-corrected chi connectivity index (χ3v) is 6.25. The van der Waals surface area contributed by atoms with E-state index in [1.807, 2.05) is 0 Å². The Morgan fingerprint density at radius 1 is 0.500 bits per heavy atom. The lowest BCUT2D eigenvalue weighted by Crippen LogP contribution is -2.05. The maximum atomic E-state index is 2.46. The summed E-state index contributed by atoms with van der Waals surface area (Å²) in [5, 5.41) is 0. The fraction of sp³-hybridized carbons (Fsp3) is 0.357. The zero-order valence-corrected chi connectivity index (χ0v) is 18.2. The average molecular weight is 371 g/mol. The van der Waals surface area contributed by atoms with Gasteiger partial charge in [-0.15, -0.1) is 0 Å². The van der Waals surface area contributed by atoms with Gasteiger partial charge in [0.2, 0.25) is 0 Å². The zero-order valence-electron chi connectivity index (χ0n) is 18.2. The smallest absolute Gasteiger partial charge is 0.00203 e. The second kappa shape index (κ2) is 9.24. The molecular weight excluding hydrogens is 336 g/mol. The molecule has 3 aromatic carbocycles. The molecule has 0 heteroatoms. The Morgan fingerprint density at radius 2 is 0.964 bits per heavy atom. The van der Waals surface area contributed by atoms with E-state index in [-0.39, 0.29) is 0 Å². The van der Waals surface area contributed by atoms with E-state index in [0.717, 1.165) is 32.1 Å². The molecule has 0 bridgehead atoms. The highest BCUT2D eigenvalue weighted by Gasteiger charge is 2.13. The first-order chi connectivity index (χ1) is 13.5. The van der Waals surface area contributed by atoms with Gasteiger partial charge in [0.05, 0.1) is 0 Å². The minimum atomic E-state index is 1.02. The van der Waals surface area contributed by atoms with Gasteiger partial charge in [-0.25, -0.2) is 0 Å². The van der Waals surface area contributed by atoms with E-state index >= 15 is 0 Å². The molecule has 0 atom stereocenters. The third kappa shape index (κ3) is 4.55. The van der Waals surface area contributed by atoms with Gasteiger partial charge in [-0.3, -0.25) is 0 Å². The van der Waals surface area contributed by atoms with Crippen molar-refractivity contribution >= 4 is 0 Å². The average Bonchev–Trinajstić information content (AvgIpc) is 2.74. The Labute approximate surface area is 171 Å². The quantitative estimate of drug-likeness (QED) is 0.413. The van der Waals surface area contributed by atoms with Gasteiger partial charge in [0.15, 0.2) is 0 Å². The van der Waals surface area contributed by atoms with Crippen LogP contribution in [-0.2, 0) is 32.1 Å². The van der Waals surface area contributed by atoms with Gasteiger partial charge in [-0.05, 0) is 96.0 Å². The fourth-order valence-corrected chi connectivity index (χ4v) is 4.07. The van der Waals surface area contributed by atoms with Crippen LogP contribution in [0.25, 0.3) is 0 Å². The van der Waals surface area contributed by atoms with Gasteiger partial charge in [0.1, 0.15) is 0 Å². The summed E-state index contributed by atoms with van der Waals surface area (Å²) in [5.41, 5.74) is 13.1. The minimum absolute atomic E-state index is 1.02. The van der Waals surface area contributed by atoms with Crippen LogP contribution in [0, 0.1) is 13.8 Å². The summed E-state index contributed by atoms with van der Waals surface area (Å²) < 4.78 is 0. The van der Waals surface area contributed by atoms with E-state index in [9.17, 15) is 0 Å². The number of rotatable bonds is 7. The topological polar surface area (TPSA) is 0 Å². The standard InChI is InChI=1S/C28H34/c1-6-22-9-13-24(14-10-22)17-27-19-26(8-3)28(21(5)20(27)4)18-25-15-11-23(7-2)12-16-25/h9-16,19H,6-8,17-18H2,1-5H3. The molecule has 0 N–H and O–H groups in total. The Bertz CT molecular complexity index is 912. The molecule has 0 aromatic heterocycles. The van der Waals surface area contributed by atoms with Gasteiger partial charge < -0.3 is 0 Å². The molecule has 0 unspecified atom stereocenters. The van der Waals surface area contributed by atoms with Crippen molar-refractivity contribution in [2.24, 2.45) is 0 Å². The molecule has 0 saturated carbocycles. The van der Waals surface area contributed by atoms with Crippen molar-refractivity contribution in [1.82, 2.24) is 0 Å². The summed E-state index contributed by atoms with van der Waals surface area (Å²) in [7, 11) is 0. The summed E-state index contributed by atoms with van der Waals surface area (Å²) >= 11 is 0. The second-order valence-electron chi connectivity index (χ2n) is 7.97. The van der Waals surface area contributed by atoms with Crippen molar-refractivity contribution in [2.75, 3.05) is 0 Å². The van der Waals surface area contributed by atoms with Crippen molar-refractivity contribution in [3.05, 3.63) is 105 Å². The minimum Gasteiger partial charge on any atom is -0.0613 e. The Morgan fingerprint density at radius 3 is 1.43 bits per heavy atom. The van der Waals surface area contributed by atoms with Crippen molar-refractivity contribution in [2.45, 2.75) is 66.7 Å². The summed E-state index contributed by atoms with van der Waals surface area (Å²) in [6.07, 6.45) is 5.35. The molecule has 0 aliphatic heterocycles. The predicted molar refractivity (Wildman–Crippen MR) is 123 cm³/mol. The lowest BCUT2D eigenvalue weighted by Gasteiger charge is -2.19.